The Balaban J connectivity index is 2.95. The lowest BCUT2D eigenvalue weighted by Crippen LogP contribution is -2.22. The molecule has 0 radical (unpaired) electrons. The molecule has 0 saturated carbocycles. The maximum absolute atomic E-state index is 6.06. The van der Waals surface area contributed by atoms with Gasteiger partial charge in [0.25, 0.3) is 0 Å². The molecule has 0 aliphatic heterocycles. The summed E-state index contributed by atoms with van der Waals surface area (Å²) in [5, 5.41) is 0. The van der Waals surface area contributed by atoms with Gasteiger partial charge in [-0.3, -0.25) is 0 Å². The van der Waals surface area contributed by atoms with Crippen LogP contribution in [0.25, 0.3) is 0 Å². The van der Waals surface area contributed by atoms with Gasteiger partial charge in [-0.05, 0) is 37.3 Å². The van der Waals surface area contributed by atoms with Crippen molar-refractivity contribution in [3.63, 3.8) is 0 Å². The molecule has 1 unspecified atom stereocenters. The van der Waals surface area contributed by atoms with Crippen molar-refractivity contribution in [1.82, 2.24) is 0 Å². The van der Waals surface area contributed by atoms with Crippen LogP contribution in [0.2, 0.25) is 0 Å². The predicted octanol–water partition coefficient (Wildman–Crippen LogP) is 3.40. The number of nitrogens with two attached hydrogens (primary N) is 1. The highest BCUT2D eigenvalue weighted by Gasteiger charge is 2.13. The number of hydrogen-bond donors (Lipinski definition) is 1. The first-order chi connectivity index (χ1) is 9.08. The fraction of sp³-hybridized carbons (Fsp3) is 0.625. The van der Waals surface area contributed by atoms with Crippen LogP contribution in [0.3, 0.4) is 0 Å². The topological polar surface area (TPSA) is 44.5 Å². The Morgan fingerprint density at radius 2 is 1.89 bits per heavy atom. The van der Waals surface area contributed by atoms with Crippen LogP contribution in [-0.4, -0.2) is 19.3 Å². The Labute approximate surface area is 117 Å². The largest absolute Gasteiger partial charge is 0.490 e. The number of para-hydroxylation sites is 1. The van der Waals surface area contributed by atoms with Gasteiger partial charge in [-0.15, -0.1) is 0 Å². The average molecular weight is 265 g/mol. The van der Waals surface area contributed by atoms with E-state index in [-0.39, 0.29) is 6.04 Å². The van der Waals surface area contributed by atoms with Gasteiger partial charge in [-0.2, -0.15) is 0 Å². The van der Waals surface area contributed by atoms with Gasteiger partial charge < -0.3 is 15.2 Å². The van der Waals surface area contributed by atoms with Crippen molar-refractivity contribution in [3.05, 3.63) is 23.8 Å². The molecule has 1 aromatic rings. The van der Waals surface area contributed by atoms with E-state index in [0.29, 0.717) is 19.1 Å². The smallest absolute Gasteiger partial charge is 0.164 e. The predicted molar refractivity (Wildman–Crippen MR) is 79.9 cm³/mol. The Hall–Kier alpha value is -1.22. The highest BCUT2D eigenvalue weighted by molar-refractivity contribution is 5.47. The van der Waals surface area contributed by atoms with Crippen LogP contribution in [-0.2, 0) is 6.42 Å². The fourth-order valence-electron chi connectivity index (χ4n) is 1.83. The second-order valence-electron chi connectivity index (χ2n) is 5.25. The molecule has 0 fully saturated rings. The molecular weight excluding hydrogens is 238 g/mol. The first kappa shape index (κ1) is 15.8. The van der Waals surface area contributed by atoms with Gasteiger partial charge in [0.15, 0.2) is 11.5 Å². The van der Waals surface area contributed by atoms with Gasteiger partial charge >= 0.3 is 0 Å². The summed E-state index contributed by atoms with van der Waals surface area (Å²) in [6.07, 6.45) is 1.79. The molecule has 1 aromatic carbocycles. The van der Waals surface area contributed by atoms with E-state index in [1.165, 1.54) is 0 Å². The molecule has 3 nitrogen and oxygen atoms in total. The highest BCUT2D eigenvalue weighted by Crippen LogP contribution is 2.32. The van der Waals surface area contributed by atoms with Gasteiger partial charge in [0, 0.05) is 6.04 Å². The molecule has 0 amide bonds. The molecule has 3 heteroatoms. The summed E-state index contributed by atoms with van der Waals surface area (Å²) in [7, 11) is 0. The zero-order chi connectivity index (χ0) is 14.3. The fourth-order valence-corrected chi connectivity index (χ4v) is 1.83. The summed E-state index contributed by atoms with van der Waals surface area (Å²) in [6.45, 7) is 9.70. The van der Waals surface area contributed by atoms with E-state index in [2.05, 4.69) is 26.8 Å². The Morgan fingerprint density at radius 3 is 2.47 bits per heavy atom. The molecule has 0 aliphatic rings. The lowest BCUT2D eigenvalue weighted by Gasteiger charge is -2.18. The van der Waals surface area contributed by atoms with E-state index < -0.39 is 0 Å². The average Bonchev–Trinajstić information content (AvgIpc) is 2.38. The summed E-state index contributed by atoms with van der Waals surface area (Å²) >= 11 is 0. The van der Waals surface area contributed by atoms with E-state index in [9.17, 15) is 0 Å². The summed E-state index contributed by atoms with van der Waals surface area (Å²) < 4.78 is 11.6. The molecule has 0 spiro atoms. The minimum Gasteiger partial charge on any atom is -0.490 e. The number of benzene rings is 1. The quantitative estimate of drug-likeness (QED) is 0.783. The maximum Gasteiger partial charge on any atom is 0.164 e. The monoisotopic (exact) mass is 265 g/mol. The van der Waals surface area contributed by atoms with Crippen molar-refractivity contribution in [1.29, 1.82) is 0 Å². The lowest BCUT2D eigenvalue weighted by atomic mass is 10.0. The van der Waals surface area contributed by atoms with Crippen molar-refractivity contribution in [2.45, 2.75) is 46.6 Å². The van der Waals surface area contributed by atoms with Gasteiger partial charge in [0.1, 0.15) is 0 Å². The van der Waals surface area contributed by atoms with Crippen LogP contribution < -0.4 is 15.2 Å². The lowest BCUT2D eigenvalue weighted by molar-refractivity contribution is 0.245. The van der Waals surface area contributed by atoms with Crippen LogP contribution in [0, 0.1) is 5.92 Å². The third-order valence-electron chi connectivity index (χ3n) is 2.93. The Kier molecular flexibility index (Phi) is 6.71. The van der Waals surface area contributed by atoms with Crippen LogP contribution in [0.4, 0.5) is 0 Å². The van der Waals surface area contributed by atoms with Crippen molar-refractivity contribution < 1.29 is 9.47 Å². The van der Waals surface area contributed by atoms with E-state index in [1.807, 2.05) is 19.1 Å². The normalized spacial score (nSPS) is 12.5. The summed E-state index contributed by atoms with van der Waals surface area (Å²) in [6, 6.07) is 6.21. The van der Waals surface area contributed by atoms with Crippen molar-refractivity contribution in [2.75, 3.05) is 13.2 Å². The molecule has 0 aliphatic carbocycles. The molecule has 1 rings (SSSR count). The zero-order valence-electron chi connectivity index (χ0n) is 12.6. The number of rotatable bonds is 8. The molecule has 0 bridgehead atoms. The van der Waals surface area contributed by atoms with E-state index in [4.69, 9.17) is 15.2 Å². The second-order valence-corrected chi connectivity index (χ2v) is 5.25. The van der Waals surface area contributed by atoms with Gasteiger partial charge in [0.05, 0.1) is 13.2 Å². The standard InChI is InChI=1S/C16H27NO2/c1-5-14(17)10-13-8-7-9-15(18-6-2)16(13)19-11-12(3)4/h7-9,12,14H,5-6,10-11,17H2,1-4H3. The van der Waals surface area contributed by atoms with Crippen molar-refractivity contribution >= 4 is 0 Å². The number of ether oxygens (including phenoxy) is 2. The summed E-state index contributed by atoms with van der Waals surface area (Å²) in [5.74, 6) is 2.17. The number of hydrogen-bond acceptors (Lipinski definition) is 3. The van der Waals surface area contributed by atoms with Crippen LogP contribution in [0.1, 0.15) is 39.7 Å². The maximum atomic E-state index is 6.06. The minimum absolute atomic E-state index is 0.165. The molecule has 0 heterocycles. The minimum atomic E-state index is 0.165. The van der Waals surface area contributed by atoms with Gasteiger partial charge in [0.2, 0.25) is 0 Å². The second kappa shape index (κ2) is 8.05. The van der Waals surface area contributed by atoms with Gasteiger partial charge in [-0.1, -0.05) is 32.9 Å². The Bertz CT molecular complexity index is 377. The highest BCUT2D eigenvalue weighted by atomic mass is 16.5. The third-order valence-corrected chi connectivity index (χ3v) is 2.93. The molecule has 2 N–H and O–H groups in total. The first-order valence-electron chi connectivity index (χ1n) is 7.21. The first-order valence-corrected chi connectivity index (χ1v) is 7.21. The van der Waals surface area contributed by atoms with E-state index in [1.54, 1.807) is 0 Å². The molecule has 0 aromatic heterocycles. The molecule has 19 heavy (non-hydrogen) atoms. The van der Waals surface area contributed by atoms with Crippen LogP contribution >= 0.6 is 0 Å². The van der Waals surface area contributed by atoms with Crippen molar-refractivity contribution in [3.8, 4) is 11.5 Å². The SMILES string of the molecule is CCOc1cccc(CC(N)CC)c1OCC(C)C. The summed E-state index contributed by atoms with van der Waals surface area (Å²) in [4.78, 5) is 0. The molecule has 1 atom stereocenters. The molecular formula is C16H27NO2. The van der Waals surface area contributed by atoms with Gasteiger partial charge in [-0.25, -0.2) is 0 Å². The van der Waals surface area contributed by atoms with Crippen LogP contribution in [0.5, 0.6) is 11.5 Å². The summed E-state index contributed by atoms with van der Waals surface area (Å²) in [5.41, 5.74) is 7.20. The zero-order valence-corrected chi connectivity index (χ0v) is 12.6. The molecule has 0 saturated heterocycles. The molecule has 108 valence electrons. The third kappa shape index (κ3) is 5.11. The van der Waals surface area contributed by atoms with E-state index >= 15 is 0 Å². The van der Waals surface area contributed by atoms with Crippen molar-refractivity contribution in [2.24, 2.45) is 11.7 Å². The van der Waals surface area contributed by atoms with E-state index in [0.717, 1.165) is 29.9 Å². The Morgan fingerprint density at radius 1 is 1.16 bits per heavy atom. The van der Waals surface area contributed by atoms with Crippen LogP contribution in [0.15, 0.2) is 18.2 Å².